The number of rotatable bonds is 6. The third kappa shape index (κ3) is 4.32. The van der Waals surface area contributed by atoms with Crippen LogP contribution >= 0.6 is 0 Å². The molecule has 5 heteroatoms. The molecule has 2 aliphatic rings. The molecule has 0 bridgehead atoms. The molecule has 0 aromatic heterocycles. The molecule has 0 spiro atoms. The van der Waals surface area contributed by atoms with Crippen LogP contribution < -0.4 is 9.47 Å². The fourth-order valence-corrected chi connectivity index (χ4v) is 4.94. The van der Waals surface area contributed by atoms with E-state index in [9.17, 15) is 9.65 Å². The first-order chi connectivity index (χ1) is 15.3. The number of hydrogen-bond acceptors (Lipinski definition) is 4. The minimum atomic E-state index is -0.403. The topological polar surface area (TPSA) is 45.5 Å². The summed E-state index contributed by atoms with van der Waals surface area (Å²) in [6.07, 6.45) is 6.08. The summed E-state index contributed by atoms with van der Waals surface area (Å²) in [4.78, 5) is 1.80. The molecule has 0 aliphatic carbocycles. The molecule has 1 unspecified atom stereocenters. The fourth-order valence-electron chi connectivity index (χ4n) is 4.94. The van der Waals surface area contributed by atoms with Gasteiger partial charge >= 0.3 is 0 Å². The minimum absolute atomic E-state index is 0.194. The maximum absolute atomic E-state index is 13.1. The lowest BCUT2D eigenvalue weighted by molar-refractivity contribution is 0.133. The molecule has 0 amide bonds. The van der Waals surface area contributed by atoms with Crippen LogP contribution in [0.4, 0.5) is 4.39 Å². The van der Waals surface area contributed by atoms with Gasteiger partial charge in [0, 0.05) is 6.54 Å². The van der Waals surface area contributed by atoms with Crippen molar-refractivity contribution in [2.75, 3.05) is 20.2 Å². The van der Waals surface area contributed by atoms with Crippen molar-refractivity contribution in [3.8, 4) is 17.7 Å². The second-order valence-electron chi connectivity index (χ2n) is 9.36. The third-order valence-corrected chi connectivity index (χ3v) is 6.77. The quantitative estimate of drug-likeness (QED) is 0.518. The van der Waals surface area contributed by atoms with Crippen molar-refractivity contribution >= 4 is 5.57 Å². The first-order valence-electron chi connectivity index (χ1n) is 11.4. The van der Waals surface area contributed by atoms with E-state index >= 15 is 0 Å². The minimum Gasteiger partial charge on any atom is -0.496 e. The van der Waals surface area contributed by atoms with Crippen LogP contribution in [0.3, 0.4) is 0 Å². The third-order valence-electron chi connectivity index (χ3n) is 6.77. The van der Waals surface area contributed by atoms with Gasteiger partial charge in [-0.05, 0) is 92.0 Å². The molecule has 2 aromatic carbocycles. The number of benzene rings is 2. The molecule has 0 fully saturated rings. The number of nitriles is 1. The molecule has 2 aliphatic heterocycles. The lowest BCUT2D eigenvalue weighted by atomic mass is 9.80. The van der Waals surface area contributed by atoms with Gasteiger partial charge in [-0.1, -0.05) is 19.1 Å². The Morgan fingerprint density at radius 3 is 2.69 bits per heavy atom. The average Bonchev–Trinajstić information content (AvgIpc) is 2.78. The van der Waals surface area contributed by atoms with E-state index in [2.05, 4.69) is 39.1 Å². The lowest BCUT2D eigenvalue weighted by Gasteiger charge is -2.41. The molecule has 0 radical (unpaired) electrons. The summed E-state index contributed by atoms with van der Waals surface area (Å²) in [5, 5.41) is 9.45. The van der Waals surface area contributed by atoms with Crippen LogP contribution in [0.2, 0.25) is 0 Å². The highest BCUT2D eigenvalue weighted by Gasteiger charge is 2.39. The largest absolute Gasteiger partial charge is 0.496 e. The van der Waals surface area contributed by atoms with E-state index in [0.717, 1.165) is 60.4 Å². The Balaban J connectivity index is 1.58. The Morgan fingerprint density at radius 2 is 2.00 bits per heavy atom. The maximum Gasteiger partial charge on any atom is 0.179 e. The van der Waals surface area contributed by atoms with Crippen LogP contribution in [0.5, 0.6) is 11.5 Å². The smallest absolute Gasteiger partial charge is 0.179 e. The molecule has 0 saturated heterocycles. The summed E-state index contributed by atoms with van der Waals surface area (Å²) >= 11 is 0. The molecule has 2 heterocycles. The molecule has 0 saturated carbocycles. The Kier molecular flexibility index (Phi) is 6.15. The molecule has 168 valence electrons. The number of hydrogen-bond donors (Lipinski definition) is 0. The van der Waals surface area contributed by atoms with Gasteiger partial charge in [-0.2, -0.15) is 5.26 Å². The van der Waals surface area contributed by atoms with Crippen LogP contribution in [0.1, 0.15) is 62.6 Å². The van der Waals surface area contributed by atoms with Crippen LogP contribution in [-0.4, -0.2) is 30.7 Å². The molecule has 32 heavy (non-hydrogen) atoms. The van der Waals surface area contributed by atoms with Crippen LogP contribution in [-0.2, 0) is 6.42 Å². The van der Waals surface area contributed by atoms with Crippen molar-refractivity contribution in [3.05, 3.63) is 64.5 Å². The highest BCUT2D eigenvalue weighted by atomic mass is 19.1. The van der Waals surface area contributed by atoms with Gasteiger partial charge in [-0.25, -0.2) is 4.39 Å². The molecule has 4 nitrogen and oxygen atoms in total. The summed E-state index contributed by atoms with van der Waals surface area (Å²) in [7, 11) is 1.70. The first kappa shape index (κ1) is 22.2. The Bertz CT molecular complexity index is 1070. The second kappa shape index (κ2) is 8.86. The standard InChI is InChI=1S/C27H31FN2O2/c1-18(6-5-7-19-8-10-21(28)11-9-19)20-14-24(31-4)26-22-16-30(17-29)13-12-23(22)27(2,3)32-25(26)15-20/h8-11,14-15,18H,5-7,12-13,16H2,1-4H3. The van der Waals surface area contributed by atoms with Crippen LogP contribution in [0.25, 0.3) is 5.57 Å². The van der Waals surface area contributed by atoms with Gasteiger partial charge in [-0.15, -0.1) is 0 Å². The van der Waals surface area contributed by atoms with E-state index in [0.29, 0.717) is 12.5 Å². The molecule has 4 rings (SSSR count). The van der Waals surface area contributed by atoms with E-state index in [4.69, 9.17) is 9.47 Å². The molecule has 1 atom stereocenters. The van der Waals surface area contributed by atoms with Crippen LogP contribution in [0, 0.1) is 17.3 Å². The average molecular weight is 435 g/mol. The van der Waals surface area contributed by atoms with Crippen molar-refractivity contribution in [1.29, 1.82) is 5.26 Å². The van der Waals surface area contributed by atoms with Crippen molar-refractivity contribution in [2.24, 2.45) is 0 Å². The Hall–Kier alpha value is -3.00. The van der Waals surface area contributed by atoms with Gasteiger partial charge in [0.05, 0.1) is 19.2 Å². The van der Waals surface area contributed by atoms with Gasteiger partial charge < -0.3 is 14.4 Å². The summed E-state index contributed by atoms with van der Waals surface area (Å²) in [6.45, 7) is 7.76. The summed E-state index contributed by atoms with van der Waals surface area (Å²) in [6, 6.07) is 11.0. The van der Waals surface area contributed by atoms with Crippen molar-refractivity contribution in [3.63, 3.8) is 0 Å². The molecular weight excluding hydrogens is 403 g/mol. The normalized spacial score (nSPS) is 17.7. The van der Waals surface area contributed by atoms with Gasteiger partial charge in [-0.3, -0.25) is 0 Å². The predicted molar refractivity (Wildman–Crippen MR) is 124 cm³/mol. The number of aryl methyl sites for hydroxylation is 1. The molecule has 2 aromatic rings. The van der Waals surface area contributed by atoms with Crippen molar-refractivity contribution in [1.82, 2.24) is 4.90 Å². The summed E-state index contributed by atoms with van der Waals surface area (Å²) < 4.78 is 25.4. The predicted octanol–water partition coefficient (Wildman–Crippen LogP) is 6.07. The maximum atomic E-state index is 13.1. The van der Waals surface area contributed by atoms with Crippen molar-refractivity contribution < 1.29 is 13.9 Å². The summed E-state index contributed by atoms with van der Waals surface area (Å²) in [5.74, 6) is 1.79. The number of nitrogens with zero attached hydrogens (tertiary/aromatic N) is 2. The van der Waals surface area contributed by atoms with Gasteiger partial charge in [0.1, 0.15) is 22.9 Å². The van der Waals surface area contributed by atoms with E-state index in [1.54, 1.807) is 12.0 Å². The zero-order valence-corrected chi connectivity index (χ0v) is 19.4. The zero-order chi connectivity index (χ0) is 22.9. The van der Waals surface area contributed by atoms with E-state index in [-0.39, 0.29) is 5.82 Å². The SMILES string of the molecule is COc1cc(C(C)CCCc2ccc(F)cc2)cc2c1C1=C(CCN(C#N)C1)C(C)(C)O2. The zero-order valence-electron chi connectivity index (χ0n) is 19.4. The number of halogens is 1. The lowest BCUT2D eigenvalue weighted by Crippen LogP contribution is -2.41. The highest BCUT2D eigenvalue weighted by Crippen LogP contribution is 2.49. The van der Waals surface area contributed by atoms with Gasteiger partial charge in [0.15, 0.2) is 6.19 Å². The Morgan fingerprint density at radius 1 is 1.25 bits per heavy atom. The summed E-state index contributed by atoms with van der Waals surface area (Å²) in [5.41, 5.74) is 5.35. The van der Waals surface area contributed by atoms with Crippen LogP contribution in [0.15, 0.2) is 42.0 Å². The van der Waals surface area contributed by atoms with Gasteiger partial charge in [0.25, 0.3) is 0 Å². The number of methoxy groups -OCH3 is 1. The van der Waals surface area contributed by atoms with E-state index in [1.165, 1.54) is 23.3 Å². The highest BCUT2D eigenvalue weighted by molar-refractivity contribution is 5.82. The molecular formula is C27H31FN2O2. The monoisotopic (exact) mass is 434 g/mol. The van der Waals surface area contributed by atoms with E-state index in [1.807, 2.05) is 12.1 Å². The first-order valence-corrected chi connectivity index (χ1v) is 11.4. The van der Waals surface area contributed by atoms with Crippen molar-refractivity contribution in [2.45, 2.75) is 58.0 Å². The number of ether oxygens (including phenoxy) is 2. The Labute approximate surface area is 190 Å². The van der Waals surface area contributed by atoms with Gasteiger partial charge in [0.2, 0.25) is 0 Å². The second-order valence-corrected chi connectivity index (χ2v) is 9.36. The fraction of sp³-hybridized carbons (Fsp3) is 0.444. The van der Waals surface area contributed by atoms with E-state index < -0.39 is 5.60 Å². The molecule has 0 N–H and O–H groups in total. The number of fused-ring (bicyclic) bond motifs is 2.